The molecule has 1 spiro atoms. The minimum absolute atomic E-state index is 0.0169. The second-order valence-corrected chi connectivity index (χ2v) is 19.4. The number of fused-ring (bicyclic) bond motifs is 5. The fraction of sp³-hybridized carbons (Fsp3) is 0.377. The highest BCUT2D eigenvalue weighted by molar-refractivity contribution is 5.91. The van der Waals surface area contributed by atoms with Crippen molar-refractivity contribution in [1.82, 2.24) is 4.90 Å². The first-order chi connectivity index (χ1) is 34.4. The molecule has 10 nitrogen and oxygen atoms in total. The van der Waals surface area contributed by atoms with Gasteiger partial charge in [0.05, 0.1) is 28.9 Å². The summed E-state index contributed by atoms with van der Waals surface area (Å²) in [7, 11) is 0. The molecule has 1 aliphatic carbocycles. The average Bonchev–Trinajstić information content (AvgIpc) is 3.65. The molecule has 364 valence electrons. The van der Waals surface area contributed by atoms with E-state index in [0.717, 1.165) is 52.6 Å². The molecule has 10 heteroatoms. The number of nitrogens with zero attached hydrogens (tertiary/aromatic N) is 1. The van der Waals surface area contributed by atoms with Crippen LogP contribution in [0.4, 0.5) is 0 Å². The van der Waals surface area contributed by atoms with Crippen molar-refractivity contribution in [3.63, 3.8) is 0 Å². The number of carbonyl (C=O) groups excluding carboxylic acids is 4. The van der Waals surface area contributed by atoms with Crippen LogP contribution in [0.1, 0.15) is 121 Å². The molecule has 0 radical (unpaired) electrons. The molecule has 9 rings (SSSR count). The molecule has 10 atom stereocenters. The van der Waals surface area contributed by atoms with E-state index in [-0.39, 0.29) is 23.8 Å². The van der Waals surface area contributed by atoms with Gasteiger partial charge in [-0.15, -0.1) is 0 Å². The summed E-state index contributed by atoms with van der Waals surface area (Å²) in [6.45, 7) is 13.1. The minimum Gasteiger partial charge on any atom is -0.455 e. The normalized spacial score (nSPS) is 26.0. The van der Waals surface area contributed by atoms with Crippen LogP contribution in [0.25, 0.3) is 11.1 Å². The number of rotatable bonds is 8. The summed E-state index contributed by atoms with van der Waals surface area (Å²) in [5.41, 5.74) is 7.01. The Labute approximate surface area is 417 Å². The van der Waals surface area contributed by atoms with Gasteiger partial charge in [-0.2, -0.15) is 0 Å². The number of esters is 3. The number of piperidine rings is 1. The monoisotopic (exact) mass is 951 g/mol. The Morgan fingerprint density at radius 1 is 0.549 bits per heavy atom. The molecule has 0 bridgehead atoms. The summed E-state index contributed by atoms with van der Waals surface area (Å²) in [6, 6.07) is 39.3. The second-order valence-electron chi connectivity index (χ2n) is 19.4. The average molecular weight is 952 g/mol. The number of hydrogen-bond acceptors (Lipinski definition) is 9. The van der Waals surface area contributed by atoms with Crippen molar-refractivity contribution >= 4 is 23.8 Å². The number of ether oxygens (including phenoxy) is 5. The molecule has 5 aromatic carbocycles. The minimum atomic E-state index is -0.878. The van der Waals surface area contributed by atoms with Crippen LogP contribution in [0.2, 0.25) is 0 Å². The van der Waals surface area contributed by atoms with Crippen molar-refractivity contribution in [2.24, 2.45) is 17.8 Å². The highest BCUT2D eigenvalue weighted by Gasteiger charge is 2.49. The molecular weight excluding hydrogens is 891 g/mol. The molecule has 3 aliphatic heterocycles. The van der Waals surface area contributed by atoms with Crippen LogP contribution in [-0.4, -0.2) is 84.5 Å². The van der Waals surface area contributed by atoms with Gasteiger partial charge >= 0.3 is 17.9 Å². The van der Waals surface area contributed by atoms with E-state index >= 15 is 0 Å². The highest BCUT2D eigenvalue weighted by atomic mass is 16.6. The smallest absolute Gasteiger partial charge is 0.338 e. The molecule has 5 aromatic rings. The molecular formula is C61H61NO9. The van der Waals surface area contributed by atoms with Crippen LogP contribution < -0.4 is 0 Å². The van der Waals surface area contributed by atoms with Gasteiger partial charge in [0.1, 0.15) is 18.3 Å². The third-order valence-corrected chi connectivity index (χ3v) is 15.3. The Hall–Kier alpha value is -6.98. The molecule has 3 heterocycles. The zero-order valence-corrected chi connectivity index (χ0v) is 41.3. The first-order valence-electron chi connectivity index (χ1n) is 25.1. The van der Waals surface area contributed by atoms with E-state index in [9.17, 15) is 19.2 Å². The Morgan fingerprint density at radius 2 is 0.986 bits per heavy atom. The molecule has 2 unspecified atom stereocenters. The molecule has 3 saturated heterocycles. The van der Waals surface area contributed by atoms with Crippen LogP contribution in [0, 0.1) is 41.4 Å². The van der Waals surface area contributed by atoms with Crippen molar-refractivity contribution in [2.75, 3.05) is 13.1 Å². The molecule has 0 aromatic heterocycles. The molecule has 71 heavy (non-hydrogen) atoms. The number of hydrogen-bond donors (Lipinski definition) is 0. The Bertz CT molecular complexity index is 2890. The lowest BCUT2D eigenvalue weighted by Gasteiger charge is -2.43. The summed E-state index contributed by atoms with van der Waals surface area (Å²) in [5, 5.41) is 0. The summed E-state index contributed by atoms with van der Waals surface area (Å²) >= 11 is 0. The topological polar surface area (TPSA) is 118 Å². The molecule has 0 N–H and O–H groups in total. The van der Waals surface area contributed by atoms with Gasteiger partial charge in [0.25, 0.3) is 0 Å². The van der Waals surface area contributed by atoms with Crippen LogP contribution in [-0.2, 0) is 33.9 Å². The molecule has 0 saturated carbocycles. The van der Waals surface area contributed by atoms with Crippen LogP contribution in [0.3, 0.4) is 0 Å². The number of amides is 1. The summed E-state index contributed by atoms with van der Waals surface area (Å²) in [4.78, 5) is 55.1. The van der Waals surface area contributed by atoms with Gasteiger partial charge in [0.2, 0.25) is 5.91 Å². The second kappa shape index (κ2) is 21.2. The molecule has 3 fully saturated rings. The van der Waals surface area contributed by atoms with E-state index in [0.29, 0.717) is 36.2 Å². The van der Waals surface area contributed by atoms with Crippen molar-refractivity contribution in [2.45, 2.75) is 115 Å². The largest absolute Gasteiger partial charge is 0.455 e. The van der Waals surface area contributed by atoms with Crippen LogP contribution >= 0.6 is 0 Å². The van der Waals surface area contributed by atoms with Gasteiger partial charge in [-0.05, 0) is 115 Å². The Balaban J connectivity index is 1.02. The molecule has 4 aliphatic rings. The standard InChI is InChI=1S/C61H61NO9/c1-7-51-38(3)39(4)55(69-58(64)44-18-12-9-13-19-44)54(67-51)31-27-43-25-29-48-47-28-24-42(36-49(47)61(50(48)37-43)32-34-62(35-33-61)41(6)63)26-30-53-40(5)56(70-59(65)45-20-14-10-15-21-45)57(52(8-2)68-53)71-60(66)46-22-16-11-17-23-46/h9-25,28-29,36-40,51-57H,7-8,32-35H2,1-6H3/t38-,39-,40+,51+,52+,53+,54+,55?,56?,57+/m0/s1. The van der Waals surface area contributed by atoms with E-state index < -0.39 is 65.9 Å². The number of benzene rings is 5. The predicted molar refractivity (Wildman–Crippen MR) is 270 cm³/mol. The van der Waals surface area contributed by atoms with Gasteiger partial charge in [0, 0.05) is 48.4 Å². The van der Waals surface area contributed by atoms with Gasteiger partial charge in [-0.3, -0.25) is 4.79 Å². The van der Waals surface area contributed by atoms with E-state index in [2.05, 4.69) is 68.7 Å². The fourth-order valence-electron chi connectivity index (χ4n) is 10.9. The zero-order valence-electron chi connectivity index (χ0n) is 41.3. The lowest BCUT2D eigenvalue weighted by molar-refractivity contribution is -0.183. The lowest BCUT2D eigenvalue weighted by Crippen LogP contribution is -2.56. The number of likely N-dealkylation sites (tertiary alicyclic amines) is 1. The van der Waals surface area contributed by atoms with Crippen molar-refractivity contribution in [3.05, 3.63) is 166 Å². The summed E-state index contributed by atoms with van der Waals surface area (Å²) in [5.74, 6) is 12.0. The van der Waals surface area contributed by atoms with E-state index in [4.69, 9.17) is 23.7 Å². The third kappa shape index (κ3) is 10.0. The Kier molecular flexibility index (Phi) is 14.6. The summed E-state index contributed by atoms with van der Waals surface area (Å²) < 4.78 is 31.8. The van der Waals surface area contributed by atoms with E-state index in [1.807, 2.05) is 61.2 Å². The van der Waals surface area contributed by atoms with Crippen LogP contribution in [0.15, 0.2) is 127 Å². The lowest BCUT2D eigenvalue weighted by atomic mass is 9.70. The maximum atomic E-state index is 13.6. The highest BCUT2D eigenvalue weighted by Crippen LogP contribution is 2.54. The van der Waals surface area contributed by atoms with Crippen molar-refractivity contribution in [3.8, 4) is 34.8 Å². The maximum Gasteiger partial charge on any atom is 0.338 e. The van der Waals surface area contributed by atoms with Crippen molar-refractivity contribution in [1.29, 1.82) is 0 Å². The van der Waals surface area contributed by atoms with Gasteiger partial charge in [-0.1, -0.05) is 125 Å². The predicted octanol–water partition coefficient (Wildman–Crippen LogP) is 10.2. The first-order valence-corrected chi connectivity index (χ1v) is 25.1. The van der Waals surface area contributed by atoms with Gasteiger partial charge < -0.3 is 28.6 Å². The van der Waals surface area contributed by atoms with E-state index in [1.54, 1.807) is 67.6 Å². The van der Waals surface area contributed by atoms with Gasteiger partial charge in [0.15, 0.2) is 12.2 Å². The zero-order chi connectivity index (χ0) is 49.8. The quantitative estimate of drug-likeness (QED) is 0.0851. The first kappa shape index (κ1) is 49.0. The van der Waals surface area contributed by atoms with Crippen molar-refractivity contribution < 1.29 is 42.9 Å². The molecule has 1 amide bonds. The van der Waals surface area contributed by atoms with Crippen LogP contribution in [0.5, 0.6) is 0 Å². The summed E-state index contributed by atoms with van der Waals surface area (Å²) in [6.07, 6.45) is -1.47. The SMILES string of the molecule is CC[C@H]1O[C@H](C#Cc2ccc3c(c2)C2(CCN(C(C)=O)CC2)c2cc(C#C[C@H]4O[C@H](CC)[C@@H](OC(=O)c5ccccc5)C(OC(=O)c5ccccc5)[C@@H]4C)ccc2-3)C(OC(=O)c2ccccc2)[C@@H](C)[C@@H]1C. The van der Waals surface area contributed by atoms with E-state index in [1.165, 1.54) is 0 Å². The fourth-order valence-corrected chi connectivity index (χ4v) is 10.9. The third-order valence-electron chi connectivity index (χ3n) is 15.3. The van der Waals surface area contributed by atoms with Gasteiger partial charge in [-0.25, -0.2) is 14.4 Å². The number of carbonyl (C=O) groups is 4. The Morgan fingerprint density at radius 3 is 1.45 bits per heavy atom. The maximum absolute atomic E-state index is 13.6.